The Hall–Kier alpha value is -3.47. The number of esters is 1. The monoisotopic (exact) mass is 340 g/mol. The van der Waals surface area contributed by atoms with Crippen molar-refractivity contribution in [1.82, 2.24) is 4.57 Å². The van der Waals surface area contributed by atoms with Crippen LogP contribution in [0.25, 0.3) is 0 Å². The molecular weight excluding hydrogens is 324 g/mol. The molecule has 8 nitrogen and oxygen atoms in total. The first kappa shape index (κ1) is 17.9. The van der Waals surface area contributed by atoms with Gasteiger partial charge >= 0.3 is 5.97 Å². The lowest BCUT2D eigenvalue weighted by atomic mass is 10.1. The molecule has 0 fully saturated rings. The predicted molar refractivity (Wildman–Crippen MR) is 89.5 cm³/mol. The summed E-state index contributed by atoms with van der Waals surface area (Å²) in [7, 11) is 1.29. The Morgan fingerprint density at radius 2 is 1.96 bits per heavy atom. The largest absolute Gasteiger partial charge is 0.493 e. The molecular formula is C17H16N4O4. The summed E-state index contributed by atoms with van der Waals surface area (Å²) in [5.41, 5.74) is 0.462. The number of carbonyl (C=O) groups is 1. The number of ether oxygens (including phenoxy) is 1. The smallest absolute Gasteiger partial charge is 0.337 e. The highest BCUT2D eigenvalue weighted by Crippen LogP contribution is 2.26. The summed E-state index contributed by atoms with van der Waals surface area (Å²) in [6, 6.07) is 8.01. The molecule has 0 unspecified atom stereocenters. The molecule has 0 atom stereocenters. The molecule has 0 spiro atoms. The van der Waals surface area contributed by atoms with Gasteiger partial charge < -0.3 is 9.84 Å². The van der Waals surface area contributed by atoms with Gasteiger partial charge in [0.15, 0.2) is 5.69 Å². The van der Waals surface area contributed by atoms with E-state index in [-0.39, 0.29) is 29.2 Å². The van der Waals surface area contributed by atoms with Crippen molar-refractivity contribution in [2.24, 2.45) is 10.2 Å². The third-order valence-electron chi connectivity index (χ3n) is 3.64. The van der Waals surface area contributed by atoms with Crippen LogP contribution in [0.5, 0.6) is 5.88 Å². The van der Waals surface area contributed by atoms with Crippen molar-refractivity contribution in [3.8, 4) is 11.9 Å². The molecule has 0 aliphatic rings. The number of pyridine rings is 1. The first-order valence-corrected chi connectivity index (χ1v) is 7.41. The van der Waals surface area contributed by atoms with Crippen molar-refractivity contribution >= 4 is 17.3 Å². The lowest BCUT2D eigenvalue weighted by molar-refractivity contribution is 0.0601. The summed E-state index contributed by atoms with van der Waals surface area (Å²) in [5, 5.41) is 27.1. The SMILES string of the molecule is CCn1c(O)c(C#N)c(C)c(N=Nc2ccc(C(=O)OC)cc2)c1=O. The fraction of sp³-hybridized carbons (Fsp3) is 0.235. The van der Waals surface area contributed by atoms with E-state index in [1.807, 2.05) is 6.07 Å². The maximum Gasteiger partial charge on any atom is 0.337 e. The number of carbonyl (C=O) groups excluding carboxylic acids is 1. The third kappa shape index (κ3) is 3.40. The van der Waals surface area contributed by atoms with Crippen LogP contribution in [0.2, 0.25) is 0 Å². The molecule has 0 bridgehead atoms. The maximum atomic E-state index is 12.4. The summed E-state index contributed by atoms with van der Waals surface area (Å²) in [6.45, 7) is 3.38. The van der Waals surface area contributed by atoms with Crippen LogP contribution in [0.1, 0.15) is 28.4 Å². The number of hydrogen-bond acceptors (Lipinski definition) is 7. The van der Waals surface area contributed by atoms with Crippen LogP contribution in [0.15, 0.2) is 39.3 Å². The van der Waals surface area contributed by atoms with Gasteiger partial charge in [-0.25, -0.2) is 4.79 Å². The van der Waals surface area contributed by atoms with E-state index in [4.69, 9.17) is 0 Å². The van der Waals surface area contributed by atoms with E-state index in [9.17, 15) is 20.0 Å². The molecule has 1 N–H and O–H groups in total. The van der Waals surface area contributed by atoms with Crippen molar-refractivity contribution in [2.45, 2.75) is 20.4 Å². The fourth-order valence-corrected chi connectivity index (χ4v) is 2.24. The molecule has 0 amide bonds. The number of benzene rings is 1. The number of rotatable bonds is 4. The molecule has 2 aromatic rings. The van der Waals surface area contributed by atoms with E-state index in [1.54, 1.807) is 19.1 Å². The van der Waals surface area contributed by atoms with Crippen LogP contribution in [0.3, 0.4) is 0 Å². The fourth-order valence-electron chi connectivity index (χ4n) is 2.24. The molecule has 0 aliphatic carbocycles. The van der Waals surface area contributed by atoms with Crippen molar-refractivity contribution in [2.75, 3.05) is 7.11 Å². The first-order valence-electron chi connectivity index (χ1n) is 7.41. The number of nitriles is 1. The van der Waals surface area contributed by atoms with Gasteiger partial charge in [0.25, 0.3) is 5.56 Å². The van der Waals surface area contributed by atoms with Crippen LogP contribution in [-0.4, -0.2) is 22.8 Å². The molecule has 1 aromatic carbocycles. The van der Waals surface area contributed by atoms with Crippen molar-refractivity contribution in [3.05, 3.63) is 51.3 Å². The van der Waals surface area contributed by atoms with Crippen LogP contribution in [0.4, 0.5) is 11.4 Å². The summed E-state index contributed by atoms with van der Waals surface area (Å²) in [5.74, 6) is -0.851. The van der Waals surface area contributed by atoms with E-state index >= 15 is 0 Å². The number of methoxy groups -OCH3 is 1. The molecule has 1 heterocycles. The second kappa shape index (κ2) is 7.40. The topological polar surface area (TPSA) is 117 Å². The van der Waals surface area contributed by atoms with Gasteiger partial charge in [-0.1, -0.05) is 0 Å². The summed E-state index contributed by atoms with van der Waals surface area (Å²) in [4.78, 5) is 23.8. The van der Waals surface area contributed by atoms with Gasteiger partial charge in [-0.2, -0.15) is 10.4 Å². The minimum Gasteiger partial charge on any atom is -0.493 e. The number of nitrogens with zero attached hydrogens (tertiary/aromatic N) is 4. The number of hydrogen-bond donors (Lipinski definition) is 1. The zero-order chi connectivity index (χ0) is 18.6. The van der Waals surface area contributed by atoms with Gasteiger partial charge in [0, 0.05) is 12.1 Å². The average Bonchev–Trinajstić information content (AvgIpc) is 2.62. The Labute approximate surface area is 143 Å². The molecule has 0 saturated carbocycles. The lowest BCUT2D eigenvalue weighted by Crippen LogP contribution is -2.20. The summed E-state index contributed by atoms with van der Waals surface area (Å²) < 4.78 is 5.66. The van der Waals surface area contributed by atoms with E-state index in [1.165, 1.54) is 26.2 Å². The Morgan fingerprint density at radius 3 is 2.48 bits per heavy atom. The number of aromatic hydroxyl groups is 1. The van der Waals surface area contributed by atoms with Crippen LogP contribution in [0, 0.1) is 18.3 Å². The van der Waals surface area contributed by atoms with E-state index in [0.717, 1.165) is 4.57 Å². The van der Waals surface area contributed by atoms with Crippen molar-refractivity contribution in [3.63, 3.8) is 0 Å². The summed E-state index contributed by atoms with van der Waals surface area (Å²) >= 11 is 0. The second-order valence-corrected chi connectivity index (χ2v) is 5.07. The lowest BCUT2D eigenvalue weighted by Gasteiger charge is -2.10. The third-order valence-corrected chi connectivity index (χ3v) is 3.64. The molecule has 8 heteroatoms. The average molecular weight is 340 g/mol. The molecule has 0 aliphatic heterocycles. The molecule has 0 radical (unpaired) electrons. The highest BCUT2D eigenvalue weighted by molar-refractivity contribution is 5.89. The quantitative estimate of drug-likeness (QED) is 0.678. The highest BCUT2D eigenvalue weighted by Gasteiger charge is 2.18. The van der Waals surface area contributed by atoms with Gasteiger partial charge in [0.1, 0.15) is 11.6 Å². The van der Waals surface area contributed by atoms with E-state index in [2.05, 4.69) is 15.0 Å². The molecule has 2 rings (SSSR count). The first-order chi connectivity index (χ1) is 11.9. The van der Waals surface area contributed by atoms with E-state index in [0.29, 0.717) is 11.3 Å². The Balaban J connectivity index is 2.47. The zero-order valence-corrected chi connectivity index (χ0v) is 14.0. The van der Waals surface area contributed by atoms with Gasteiger partial charge in [0.05, 0.1) is 18.4 Å². The normalized spacial score (nSPS) is 10.6. The number of azo groups is 1. The molecule has 1 aromatic heterocycles. The van der Waals surface area contributed by atoms with E-state index < -0.39 is 11.5 Å². The van der Waals surface area contributed by atoms with Gasteiger partial charge in [-0.3, -0.25) is 9.36 Å². The molecule has 0 saturated heterocycles. The Morgan fingerprint density at radius 1 is 1.32 bits per heavy atom. The van der Waals surface area contributed by atoms with Gasteiger partial charge in [-0.15, -0.1) is 5.11 Å². The Bertz CT molecular complexity index is 937. The van der Waals surface area contributed by atoms with Crippen LogP contribution < -0.4 is 5.56 Å². The van der Waals surface area contributed by atoms with Crippen molar-refractivity contribution < 1.29 is 14.6 Å². The molecule has 128 valence electrons. The standard InChI is InChI=1S/C17H16N4O4/c1-4-21-15(22)13(9-18)10(2)14(16(21)23)20-19-12-7-5-11(6-8-12)17(24)25-3/h5-8,22H,4H2,1-3H3. The van der Waals surface area contributed by atoms with Crippen LogP contribution in [-0.2, 0) is 11.3 Å². The zero-order valence-electron chi connectivity index (χ0n) is 14.0. The summed E-state index contributed by atoms with van der Waals surface area (Å²) in [6.07, 6.45) is 0. The molecule has 25 heavy (non-hydrogen) atoms. The second-order valence-electron chi connectivity index (χ2n) is 5.07. The Kier molecular flexibility index (Phi) is 5.29. The maximum absolute atomic E-state index is 12.4. The minimum absolute atomic E-state index is 0.0172. The number of aromatic nitrogens is 1. The predicted octanol–water partition coefficient (Wildman–Crippen LogP) is 2.96. The van der Waals surface area contributed by atoms with Gasteiger partial charge in [-0.05, 0) is 38.1 Å². The van der Waals surface area contributed by atoms with Crippen molar-refractivity contribution in [1.29, 1.82) is 5.26 Å². The minimum atomic E-state index is -0.536. The van der Waals surface area contributed by atoms with Gasteiger partial charge in [0.2, 0.25) is 5.88 Å². The highest BCUT2D eigenvalue weighted by atomic mass is 16.5. The van der Waals surface area contributed by atoms with Crippen LogP contribution >= 0.6 is 0 Å².